The Bertz CT molecular complexity index is 51.9. The zero-order valence-corrected chi connectivity index (χ0v) is 6.41. The van der Waals surface area contributed by atoms with Gasteiger partial charge in [-0.05, 0) is 18.5 Å². The van der Waals surface area contributed by atoms with Gasteiger partial charge in [-0.25, -0.2) is 0 Å². The molecule has 0 heterocycles. The molecule has 0 fully saturated rings. The molecule has 0 aliphatic carbocycles. The molecule has 0 amide bonds. The Kier molecular flexibility index (Phi) is 3.06. The molecule has 1 nitrogen and oxygen atoms in total. The van der Waals surface area contributed by atoms with Crippen molar-refractivity contribution in [1.29, 1.82) is 0 Å². The summed E-state index contributed by atoms with van der Waals surface area (Å²) in [7, 11) is 0. The van der Waals surface area contributed by atoms with Crippen molar-refractivity contribution in [3.8, 4) is 0 Å². The lowest BCUT2D eigenvalue weighted by atomic mass is 9.97. The van der Waals surface area contributed by atoms with Gasteiger partial charge in [0.25, 0.3) is 0 Å². The van der Waals surface area contributed by atoms with Crippen LogP contribution in [-0.4, -0.2) is 13.1 Å². The van der Waals surface area contributed by atoms with Crippen LogP contribution < -0.4 is 5.32 Å². The van der Waals surface area contributed by atoms with Crippen LogP contribution in [0.3, 0.4) is 0 Å². The van der Waals surface area contributed by atoms with Crippen LogP contribution >= 0.6 is 0 Å². The lowest BCUT2D eigenvalue weighted by molar-refractivity contribution is 0.385. The van der Waals surface area contributed by atoms with Gasteiger partial charge >= 0.3 is 0 Å². The standard InChI is InChI=1S/C7H17N/c1-5-8-6-7(2,3)4/h8H,5-6H2,1-4H3. The highest BCUT2D eigenvalue weighted by molar-refractivity contribution is 4.63. The van der Waals surface area contributed by atoms with Gasteiger partial charge in [0.2, 0.25) is 0 Å². The highest BCUT2D eigenvalue weighted by Gasteiger charge is 2.06. The Hall–Kier alpha value is -0.0400. The predicted molar refractivity (Wildman–Crippen MR) is 38.0 cm³/mol. The molecule has 50 valence electrons. The summed E-state index contributed by atoms with van der Waals surface area (Å²) in [5.74, 6) is 0. The Morgan fingerprint density at radius 2 is 1.75 bits per heavy atom. The Morgan fingerprint density at radius 1 is 1.25 bits per heavy atom. The van der Waals surface area contributed by atoms with E-state index in [1.165, 1.54) is 0 Å². The van der Waals surface area contributed by atoms with Crippen molar-refractivity contribution in [2.24, 2.45) is 5.41 Å². The van der Waals surface area contributed by atoms with Crippen molar-refractivity contribution in [3.05, 3.63) is 0 Å². The summed E-state index contributed by atoms with van der Waals surface area (Å²) in [6.45, 7) is 11.0. The first-order valence-electron chi connectivity index (χ1n) is 3.27. The normalized spacial score (nSPS) is 12.0. The fourth-order valence-electron chi connectivity index (χ4n) is 0.500. The van der Waals surface area contributed by atoms with Crippen molar-refractivity contribution >= 4 is 0 Å². The van der Waals surface area contributed by atoms with Crippen molar-refractivity contribution < 1.29 is 0 Å². The molecule has 1 N–H and O–H groups in total. The molecule has 8 heavy (non-hydrogen) atoms. The maximum atomic E-state index is 3.29. The maximum absolute atomic E-state index is 3.29. The first-order valence-corrected chi connectivity index (χ1v) is 3.27. The van der Waals surface area contributed by atoms with Gasteiger partial charge in [0, 0.05) is 0 Å². The summed E-state index contributed by atoms with van der Waals surface area (Å²) in [5, 5.41) is 3.29. The fraction of sp³-hybridized carbons (Fsp3) is 1.00. The van der Waals surface area contributed by atoms with Gasteiger partial charge in [0.15, 0.2) is 0 Å². The molecule has 0 aromatic heterocycles. The third-order valence-electron chi connectivity index (χ3n) is 0.905. The third kappa shape index (κ3) is 5.96. The highest BCUT2D eigenvalue weighted by Crippen LogP contribution is 2.09. The minimum absolute atomic E-state index is 0.440. The Morgan fingerprint density at radius 3 is 1.88 bits per heavy atom. The minimum atomic E-state index is 0.440. The molecular formula is C7H17N. The van der Waals surface area contributed by atoms with Crippen molar-refractivity contribution in [1.82, 2.24) is 5.32 Å². The van der Waals surface area contributed by atoms with Crippen LogP contribution in [-0.2, 0) is 0 Å². The highest BCUT2D eigenvalue weighted by atomic mass is 14.9. The van der Waals surface area contributed by atoms with Crippen LogP contribution in [0.4, 0.5) is 0 Å². The van der Waals surface area contributed by atoms with E-state index in [0.717, 1.165) is 13.1 Å². The summed E-state index contributed by atoms with van der Waals surface area (Å²) in [6.07, 6.45) is 0. The zero-order valence-electron chi connectivity index (χ0n) is 6.41. The fourth-order valence-corrected chi connectivity index (χ4v) is 0.500. The van der Waals surface area contributed by atoms with Crippen LogP contribution in [0.15, 0.2) is 0 Å². The van der Waals surface area contributed by atoms with E-state index in [2.05, 4.69) is 33.0 Å². The van der Waals surface area contributed by atoms with Gasteiger partial charge in [-0.2, -0.15) is 0 Å². The topological polar surface area (TPSA) is 12.0 Å². The largest absolute Gasteiger partial charge is 0.316 e. The molecule has 0 unspecified atom stereocenters. The first kappa shape index (κ1) is 7.96. The van der Waals surface area contributed by atoms with Gasteiger partial charge in [-0.3, -0.25) is 0 Å². The average molecular weight is 115 g/mol. The molecule has 0 saturated heterocycles. The second-order valence-electron chi connectivity index (χ2n) is 3.34. The van der Waals surface area contributed by atoms with Crippen LogP contribution in [0.1, 0.15) is 27.7 Å². The van der Waals surface area contributed by atoms with Crippen LogP contribution in [0.5, 0.6) is 0 Å². The molecule has 0 spiro atoms. The number of hydrogen-bond acceptors (Lipinski definition) is 1. The van der Waals surface area contributed by atoms with E-state index in [-0.39, 0.29) is 0 Å². The van der Waals surface area contributed by atoms with E-state index in [9.17, 15) is 0 Å². The quantitative estimate of drug-likeness (QED) is 0.577. The van der Waals surface area contributed by atoms with E-state index >= 15 is 0 Å². The van der Waals surface area contributed by atoms with E-state index in [0.29, 0.717) is 5.41 Å². The van der Waals surface area contributed by atoms with Gasteiger partial charge in [0.1, 0.15) is 0 Å². The smallest absolute Gasteiger partial charge is 0.0000241 e. The summed E-state index contributed by atoms with van der Waals surface area (Å²) in [6, 6.07) is 0. The number of nitrogens with one attached hydrogen (secondary N) is 1. The van der Waals surface area contributed by atoms with Crippen molar-refractivity contribution in [2.75, 3.05) is 13.1 Å². The lowest BCUT2D eigenvalue weighted by Crippen LogP contribution is -2.26. The number of hydrogen-bond donors (Lipinski definition) is 1. The molecule has 0 atom stereocenters. The summed E-state index contributed by atoms with van der Waals surface area (Å²) in [4.78, 5) is 0. The monoisotopic (exact) mass is 115 g/mol. The third-order valence-corrected chi connectivity index (χ3v) is 0.905. The molecule has 0 aliphatic rings. The van der Waals surface area contributed by atoms with Gasteiger partial charge < -0.3 is 5.32 Å². The number of rotatable bonds is 2. The van der Waals surface area contributed by atoms with Gasteiger partial charge in [0.05, 0.1) is 0 Å². The SMILES string of the molecule is CCNCC(C)(C)C. The summed E-state index contributed by atoms with van der Waals surface area (Å²) < 4.78 is 0. The summed E-state index contributed by atoms with van der Waals surface area (Å²) >= 11 is 0. The molecule has 0 aromatic rings. The molecule has 0 rings (SSSR count). The van der Waals surface area contributed by atoms with Crippen LogP contribution in [0.2, 0.25) is 0 Å². The van der Waals surface area contributed by atoms with E-state index in [1.54, 1.807) is 0 Å². The van der Waals surface area contributed by atoms with Gasteiger partial charge in [-0.1, -0.05) is 27.7 Å². The summed E-state index contributed by atoms with van der Waals surface area (Å²) in [5.41, 5.74) is 0.440. The zero-order chi connectivity index (χ0) is 6.62. The molecule has 0 saturated carbocycles. The van der Waals surface area contributed by atoms with Gasteiger partial charge in [-0.15, -0.1) is 0 Å². The van der Waals surface area contributed by atoms with E-state index in [1.807, 2.05) is 0 Å². The Balaban J connectivity index is 3.11. The molecular weight excluding hydrogens is 98.1 g/mol. The van der Waals surface area contributed by atoms with Crippen molar-refractivity contribution in [2.45, 2.75) is 27.7 Å². The van der Waals surface area contributed by atoms with Crippen molar-refractivity contribution in [3.63, 3.8) is 0 Å². The molecule has 0 aliphatic heterocycles. The van der Waals surface area contributed by atoms with E-state index < -0.39 is 0 Å². The second kappa shape index (κ2) is 3.08. The molecule has 0 aromatic carbocycles. The molecule has 0 bridgehead atoms. The van der Waals surface area contributed by atoms with Crippen LogP contribution in [0, 0.1) is 5.41 Å². The molecule has 0 radical (unpaired) electrons. The van der Waals surface area contributed by atoms with Crippen LogP contribution in [0.25, 0.3) is 0 Å². The first-order chi connectivity index (χ1) is 3.56. The minimum Gasteiger partial charge on any atom is -0.316 e. The second-order valence-corrected chi connectivity index (χ2v) is 3.34. The maximum Gasteiger partial charge on any atom is -0.0000241 e. The Labute approximate surface area is 52.5 Å². The lowest BCUT2D eigenvalue weighted by Gasteiger charge is -2.17. The predicted octanol–water partition coefficient (Wildman–Crippen LogP) is 1.64. The van der Waals surface area contributed by atoms with E-state index in [4.69, 9.17) is 0 Å². The molecule has 1 heteroatoms. The average Bonchev–Trinajstić information content (AvgIpc) is 1.59.